The van der Waals surface area contributed by atoms with Gasteiger partial charge in [-0.2, -0.15) is 0 Å². The maximum Gasteiger partial charge on any atom is 0.330 e. The molecule has 1 fully saturated rings. The SMILES string of the molecule is C=CC(=O)OCCCCCCN1CCCCCC1=O. The van der Waals surface area contributed by atoms with E-state index in [9.17, 15) is 9.59 Å². The number of ether oxygens (including phenoxy) is 1. The molecule has 108 valence electrons. The Morgan fingerprint density at radius 1 is 1.21 bits per heavy atom. The zero-order chi connectivity index (χ0) is 13.9. The van der Waals surface area contributed by atoms with Crippen molar-refractivity contribution in [1.82, 2.24) is 4.90 Å². The van der Waals surface area contributed by atoms with Crippen molar-refractivity contribution in [3.63, 3.8) is 0 Å². The predicted molar refractivity (Wildman–Crippen MR) is 74.7 cm³/mol. The highest BCUT2D eigenvalue weighted by Crippen LogP contribution is 2.12. The van der Waals surface area contributed by atoms with E-state index in [1.54, 1.807) is 0 Å². The normalized spacial score (nSPS) is 16.0. The van der Waals surface area contributed by atoms with Gasteiger partial charge in [-0.05, 0) is 32.1 Å². The molecule has 4 heteroatoms. The minimum Gasteiger partial charge on any atom is -0.463 e. The molecule has 0 aliphatic carbocycles. The van der Waals surface area contributed by atoms with Gasteiger partial charge in [-0.25, -0.2) is 4.79 Å². The predicted octanol–water partition coefficient (Wildman–Crippen LogP) is 2.68. The molecule has 1 amide bonds. The van der Waals surface area contributed by atoms with Gasteiger partial charge in [0.05, 0.1) is 6.61 Å². The highest BCUT2D eigenvalue weighted by atomic mass is 16.5. The number of unbranched alkanes of at least 4 members (excludes halogenated alkanes) is 3. The summed E-state index contributed by atoms with van der Waals surface area (Å²) in [6.07, 6.45) is 9.31. The number of esters is 1. The third-order valence-electron chi connectivity index (χ3n) is 3.40. The highest BCUT2D eigenvalue weighted by Gasteiger charge is 2.15. The zero-order valence-electron chi connectivity index (χ0n) is 11.7. The average molecular weight is 267 g/mol. The van der Waals surface area contributed by atoms with Gasteiger partial charge in [0.2, 0.25) is 5.91 Å². The number of hydrogen-bond acceptors (Lipinski definition) is 3. The van der Waals surface area contributed by atoms with Gasteiger partial charge in [0, 0.05) is 25.6 Å². The van der Waals surface area contributed by atoms with E-state index in [4.69, 9.17) is 4.74 Å². The second kappa shape index (κ2) is 9.59. The first-order chi connectivity index (χ1) is 9.24. The van der Waals surface area contributed by atoms with Crippen molar-refractivity contribution in [2.75, 3.05) is 19.7 Å². The van der Waals surface area contributed by atoms with Crippen molar-refractivity contribution in [2.24, 2.45) is 0 Å². The number of hydrogen-bond donors (Lipinski definition) is 0. The van der Waals surface area contributed by atoms with Crippen LogP contribution in [0, 0.1) is 0 Å². The van der Waals surface area contributed by atoms with Gasteiger partial charge in [0.15, 0.2) is 0 Å². The van der Waals surface area contributed by atoms with Crippen LogP contribution in [-0.2, 0) is 14.3 Å². The topological polar surface area (TPSA) is 46.6 Å². The van der Waals surface area contributed by atoms with Crippen molar-refractivity contribution >= 4 is 11.9 Å². The molecule has 0 aromatic rings. The summed E-state index contributed by atoms with van der Waals surface area (Å²) >= 11 is 0. The van der Waals surface area contributed by atoms with E-state index in [1.165, 1.54) is 12.5 Å². The first-order valence-corrected chi connectivity index (χ1v) is 7.31. The molecule has 0 N–H and O–H groups in total. The molecular formula is C15H25NO3. The number of likely N-dealkylation sites (tertiary alicyclic amines) is 1. The summed E-state index contributed by atoms with van der Waals surface area (Å²) in [5.41, 5.74) is 0. The van der Waals surface area contributed by atoms with Crippen LogP contribution < -0.4 is 0 Å². The van der Waals surface area contributed by atoms with Gasteiger partial charge >= 0.3 is 5.97 Å². The molecule has 1 aliphatic rings. The Morgan fingerprint density at radius 3 is 2.79 bits per heavy atom. The third-order valence-corrected chi connectivity index (χ3v) is 3.40. The average Bonchev–Trinajstić information content (AvgIpc) is 2.62. The second-order valence-corrected chi connectivity index (χ2v) is 4.98. The summed E-state index contributed by atoms with van der Waals surface area (Å²) in [4.78, 5) is 24.5. The van der Waals surface area contributed by atoms with Crippen LogP contribution in [0.2, 0.25) is 0 Å². The number of nitrogens with zero attached hydrogens (tertiary/aromatic N) is 1. The van der Waals surface area contributed by atoms with E-state index >= 15 is 0 Å². The fraction of sp³-hybridized carbons (Fsp3) is 0.733. The molecule has 4 nitrogen and oxygen atoms in total. The minimum atomic E-state index is -0.352. The molecular weight excluding hydrogens is 242 g/mol. The first kappa shape index (κ1) is 15.7. The molecule has 0 spiro atoms. The smallest absolute Gasteiger partial charge is 0.330 e. The zero-order valence-corrected chi connectivity index (χ0v) is 11.7. The lowest BCUT2D eigenvalue weighted by atomic mass is 10.2. The van der Waals surface area contributed by atoms with Gasteiger partial charge in [-0.1, -0.05) is 19.4 Å². The molecule has 0 bridgehead atoms. The Morgan fingerprint density at radius 2 is 2.00 bits per heavy atom. The molecule has 1 saturated heterocycles. The van der Waals surface area contributed by atoms with E-state index in [1.807, 2.05) is 4.90 Å². The molecule has 0 aromatic carbocycles. The van der Waals surface area contributed by atoms with Crippen LogP contribution in [0.1, 0.15) is 51.4 Å². The van der Waals surface area contributed by atoms with E-state index in [0.29, 0.717) is 12.5 Å². The molecule has 0 radical (unpaired) electrons. The summed E-state index contributed by atoms with van der Waals surface area (Å²) in [5.74, 6) is -0.0347. The maximum absolute atomic E-state index is 11.7. The third kappa shape index (κ3) is 6.99. The monoisotopic (exact) mass is 267 g/mol. The van der Waals surface area contributed by atoms with Crippen LogP contribution in [0.3, 0.4) is 0 Å². The van der Waals surface area contributed by atoms with Crippen molar-refractivity contribution in [1.29, 1.82) is 0 Å². The van der Waals surface area contributed by atoms with Crippen molar-refractivity contribution < 1.29 is 14.3 Å². The van der Waals surface area contributed by atoms with Crippen LogP contribution in [-0.4, -0.2) is 36.5 Å². The van der Waals surface area contributed by atoms with Crippen LogP contribution >= 0.6 is 0 Å². The summed E-state index contributed by atoms with van der Waals surface area (Å²) in [6.45, 7) is 5.62. The number of amides is 1. The van der Waals surface area contributed by atoms with Crippen molar-refractivity contribution in [3.8, 4) is 0 Å². The summed E-state index contributed by atoms with van der Waals surface area (Å²) in [6, 6.07) is 0. The summed E-state index contributed by atoms with van der Waals surface area (Å²) in [5, 5.41) is 0. The van der Waals surface area contributed by atoms with E-state index in [2.05, 4.69) is 6.58 Å². The standard InChI is InChI=1S/C15H25NO3/c1-2-15(18)19-13-9-4-3-7-11-16-12-8-5-6-10-14(16)17/h2H,1,3-13H2. The van der Waals surface area contributed by atoms with Gasteiger partial charge in [-0.15, -0.1) is 0 Å². The molecule has 1 rings (SSSR count). The molecule has 0 atom stereocenters. The number of rotatable bonds is 8. The quantitative estimate of drug-likeness (QED) is 0.386. The molecule has 1 heterocycles. The van der Waals surface area contributed by atoms with Gasteiger partial charge in [0.1, 0.15) is 0 Å². The molecule has 1 aliphatic heterocycles. The minimum absolute atomic E-state index is 0.317. The molecule has 0 saturated carbocycles. The van der Waals surface area contributed by atoms with Gasteiger partial charge in [0.25, 0.3) is 0 Å². The fourth-order valence-electron chi connectivity index (χ4n) is 2.26. The van der Waals surface area contributed by atoms with Crippen molar-refractivity contribution in [2.45, 2.75) is 51.4 Å². The Bertz CT molecular complexity index is 302. The fourth-order valence-corrected chi connectivity index (χ4v) is 2.26. The van der Waals surface area contributed by atoms with E-state index in [0.717, 1.165) is 58.0 Å². The second-order valence-electron chi connectivity index (χ2n) is 4.98. The summed E-state index contributed by atoms with van der Waals surface area (Å²) in [7, 11) is 0. The van der Waals surface area contributed by atoms with E-state index in [-0.39, 0.29) is 5.97 Å². The Balaban J connectivity index is 1.99. The highest BCUT2D eigenvalue weighted by molar-refractivity contribution is 5.81. The Labute approximate surface area is 115 Å². The van der Waals surface area contributed by atoms with E-state index < -0.39 is 0 Å². The van der Waals surface area contributed by atoms with Crippen LogP contribution in [0.4, 0.5) is 0 Å². The first-order valence-electron chi connectivity index (χ1n) is 7.31. The lowest BCUT2D eigenvalue weighted by Gasteiger charge is -2.20. The van der Waals surface area contributed by atoms with Gasteiger partial charge < -0.3 is 9.64 Å². The molecule has 0 unspecified atom stereocenters. The lowest BCUT2D eigenvalue weighted by molar-refractivity contribution is -0.138. The number of carbonyl (C=O) groups is 2. The van der Waals surface area contributed by atoms with Crippen molar-refractivity contribution in [3.05, 3.63) is 12.7 Å². The lowest BCUT2D eigenvalue weighted by Crippen LogP contribution is -2.31. The summed E-state index contributed by atoms with van der Waals surface area (Å²) < 4.78 is 4.90. The van der Waals surface area contributed by atoms with Gasteiger partial charge in [-0.3, -0.25) is 4.79 Å². The molecule has 19 heavy (non-hydrogen) atoms. The number of carbonyl (C=O) groups excluding carboxylic acids is 2. The Hall–Kier alpha value is -1.32. The van der Waals surface area contributed by atoms with Crippen LogP contribution in [0.5, 0.6) is 0 Å². The maximum atomic E-state index is 11.7. The Kier molecular flexibility index (Phi) is 7.94. The van der Waals surface area contributed by atoms with Crippen LogP contribution in [0.25, 0.3) is 0 Å². The molecule has 0 aromatic heterocycles. The largest absolute Gasteiger partial charge is 0.463 e. The van der Waals surface area contributed by atoms with Crippen LogP contribution in [0.15, 0.2) is 12.7 Å².